The second-order valence-electron chi connectivity index (χ2n) is 8.18. The number of fused-ring (bicyclic) bond motifs is 5. The van der Waals surface area contributed by atoms with Crippen LogP contribution in [0, 0.1) is 11.8 Å². The highest BCUT2D eigenvalue weighted by atomic mass is 16.3. The molecule has 5 N–H and O–H groups in total. The molecule has 2 aliphatic heterocycles. The number of Topliss-reactive ketones (excluding diaryl/α,β-unsaturated/α-hetero) is 2. The third-order valence-corrected chi connectivity index (χ3v) is 6.58. The normalized spacial score (nSPS) is 24.8. The Hall–Kier alpha value is -3.04. The monoisotopic (exact) mass is 426 g/mol. The number of allylic oxidation sites excluding steroid dienone is 2. The first-order chi connectivity index (χ1) is 15.1. The van der Waals surface area contributed by atoms with Crippen molar-refractivity contribution in [2.24, 2.45) is 11.8 Å². The number of hydrogen-bond acceptors (Lipinski definition) is 9. The molecule has 31 heavy (non-hydrogen) atoms. The van der Waals surface area contributed by atoms with Crippen LogP contribution in [0.15, 0.2) is 41.0 Å². The van der Waals surface area contributed by atoms with Gasteiger partial charge < -0.3 is 35.8 Å². The minimum atomic E-state index is -0.773. The Morgan fingerprint density at radius 3 is 1.97 bits per heavy atom. The second kappa shape index (κ2) is 7.58. The number of aliphatic hydroxyl groups is 2. The van der Waals surface area contributed by atoms with E-state index in [1.54, 1.807) is 12.1 Å². The maximum absolute atomic E-state index is 13.7. The average Bonchev–Trinajstić information content (AvgIpc) is 2.77. The molecule has 4 aliphatic rings. The van der Waals surface area contributed by atoms with Crippen LogP contribution in [-0.2, 0) is 0 Å². The molecule has 2 unspecified atom stereocenters. The van der Waals surface area contributed by atoms with E-state index in [4.69, 9.17) is 0 Å². The van der Waals surface area contributed by atoms with Gasteiger partial charge in [-0.2, -0.15) is 0 Å². The lowest BCUT2D eigenvalue weighted by molar-refractivity contribution is 0.0746. The van der Waals surface area contributed by atoms with Gasteiger partial charge in [0.05, 0.1) is 42.0 Å². The van der Waals surface area contributed by atoms with Crippen LogP contribution in [0.5, 0.6) is 5.75 Å². The quantitative estimate of drug-likeness (QED) is 0.422. The van der Waals surface area contributed by atoms with Crippen LogP contribution in [-0.4, -0.2) is 89.2 Å². The van der Waals surface area contributed by atoms with Gasteiger partial charge in [-0.05, 0) is 6.07 Å². The molecule has 9 nitrogen and oxygen atoms in total. The van der Waals surface area contributed by atoms with Crippen molar-refractivity contribution >= 4 is 11.6 Å². The van der Waals surface area contributed by atoms with Crippen LogP contribution in [0.1, 0.15) is 20.7 Å². The van der Waals surface area contributed by atoms with E-state index in [0.29, 0.717) is 50.7 Å². The predicted octanol–water partition coefficient (Wildman–Crippen LogP) is -0.765. The summed E-state index contributed by atoms with van der Waals surface area (Å²) in [5, 5.41) is 36.4. The Morgan fingerprint density at radius 1 is 0.871 bits per heavy atom. The molecule has 0 fully saturated rings. The lowest BCUT2D eigenvalue weighted by Crippen LogP contribution is -2.57. The van der Waals surface area contributed by atoms with E-state index in [9.17, 15) is 24.9 Å². The molecule has 2 aliphatic carbocycles. The summed E-state index contributed by atoms with van der Waals surface area (Å²) < 4.78 is 0. The third-order valence-electron chi connectivity index (χ3n) is 6.58. The Kier molecular flexibility index (Phi) is 4.86. The summed E-state index contributed by atoms with van der Waals surface area (Å²) >= 11 is 0. The van der Waals surface area contributed by atoms with Crippen molar-refractivity contribution in [1.29, 1.82) is 0 Å². The van der Waals surface area contributed by atoms with E-state index in [1.165, 1.54) is 6.07 Å². The third kappa shape index (κ3) is 2.84. The summed E-state index contributed by atoms with van der Waals surface area (Å²) in [6.07, 6.45) is 0. The number of aliphatic hydroxyl groups excluding tert-OH is 2. The van der Waals surface area contributed by atoms with Crippen molar-refractivity contribution < 1.29 is 24.9 Å². The number of phenolic OH excluding ortho intramolecular Hbond substituents is 1. The molecule has 164 valence electrons. The summed E-state index contributed by atoms with van der Waals surface area (Å²) in [5.41, 5.74) is 3.25. The van der Waals surface area contributed by atoms with Crippen molar-refractivity contribution in [1.82, 2.24) is 20.4 Å². The number of aromatic hydroxyl groups is 1. The Labute approximate surface area is 179 Å². The maximum Gasteiger partial charge on any atom is 0.177 e. The zero-order chi connectivity index (χ0) is 21.7. The molecule has 1 aromatic rings. The van der Waals surface area contributed by atoms with Crippen LogP contribution < -0.4 is 10.6 Å². The van der Waals surface area contributed by atoms with Crippen molar-refractivity contribution in [2.75, 3.05) is 52.5 Å². The van der Waals surface area contributed by atoms with Crippen LogP contribution >= 0.6 is 0 Å². The highest BCUT2D eigenvalue weighted by molar-refractivity contribution is 6.19. The summed E-state index contributed by atoms with van der Waals surface area (Å²) in [7, 11) is 0. The Bertz CT molecular complexity index is 1020. The van der Waals surface area contributed by atoms with Gasteiger partial charge in [0, 0.05) is 56.2 Å². The molecular formula is C22H26N4O5. The number of rotatable bonds is 4. The van der Waals surface area contributed by atoms with Gasteiger partial charge in [-0.15, -0.1) is 0 Å². The molecule has 0 radical (unpaired) electrons. The molecule has 0 saturated carbocycles. The van der Waals surface area contributed by atoms with Crippen LogP contribution in [0.2, 0.25) is 0 Å². The summed E-state index contributed by atoms with van der Waals surface area (Å²) in [6, 6.07) is 4.61. The molecule has 0 saturated heterocycles. The maximum atomic E-state index is 13.7. The van der Waals surface area contributed by atoms with Gasteiger partial charge in [-0.25, -0.2) is 0 Å². The topological polar surface area (TPSA) is 125 Å². The number of nitrogens with zero attached hydrogens (tertiary/aromatic N) is 2. The molecule has 0 spiro atoms. The first-order valence-corrected chi connectivity index (χ1v) is 10.7. The fourth-order valence-electron chi connectivity index (χ4n) is 5.37. The molecule has 5 rings (SSSR count). The SMILES string of the molecule is O=C1c2cccc(O)c2C(=O)C2C3=C(C4=C(NCCN4CCO)C12)N(CCO)CCN3. The average molecular weight is 426 g/mol. The molecular weight excluding hydrogens is 400 g/mol. The first-order valence-electron chi connectivity index (χ1n) is 10.7. The molecule has 0 bridgehead atoms. The Balaban J connectivity index is 1.76. The van der Waals surface area contributed by atoms with Gasteiger partial charge in [0.2, 0.25) is 0 Å². The summed E-state index contributed by atoms with van der Waals surface area (Å²) in [6.45, 7) is 3.18. The van der Waals surface area contributed by atoms with Gasteiger partial charge in [-0.1, -0.05) is 12.1 Å². The molecule has 9 heteroatoms. The molecule has 1 aromatic carbocycles. The van der Waals surface area contributed by atoms with Crippen LogP contribution in [0.4, 0.5) is 0 Å². The van der Waals surface area contributed by atoms with Gasteiger partial charge in [0.25, 0.3) is 0 Å². The van der Waals surface area contributed by atoms with Crippen molar-refractivity contribution in [3.05, 3.63) is 52.1 Å². The summed E-state index contributed by atoms with van der Waals surface area (Å²) in [5.74, 6) is -2.16. The standard InChI is InChI=1S/C22H26N4O5/c27-10-8-25-6-4-23-17-15-16(18-20(19(17)25)26(9-11-28)7-5-24-18)22(31)14-12(21(15)30)2-1-3-13(14)29/h1-3,15-16,23-24,27-29H,4-11H2. The fourth-order valence-corrected chi connectivity index (χ4v) is 5.37. The number of hydrogen-bond donors (Lipinski definition) is 5. The molecule has 2 atom stereocenters. The highest BCUT2D eigenvalue weighted by Crippen LogP contribution is 2.48. The molecule has 2 heterocycles. The molecule has 0 amide bonds. The van der Waals surface area contributed by atoms with E-state index in [1.807, 2.05) is 9.80 Å². The van der Waals surface area contributed by atoms with Gasteiger partial charge in [0.15, 0.2) is 11.6 Å². The number of carbonyl (C=O) groups excluding carboxylic acids is 2. The van der Waals surface area contributed by atoms with E-state index >= 15 is 0 Å². The number of ketones is 2. The Morgan fingerprint density at radius 2 is 1.42 bits per heavy atom. The number of carbonyl (C=O) groups is 2. The van der Waals surface area contributed by atoms with Crippen molar-refractivity contribution in [3.8, 4) is 5.75 Å². The van der Waals surface area contributed by atoms with E-state index < -0.39 is 11.8 Å². The minimum Gasteiger partial charge on any atom is -0.507 e. The molecule has 0 aromatic heterocycles. The van der Waals surface area contributed by atoms with Crippen LogP contribution in [0.25, 0.3) is 0 Å². The van der Waals surface area contributed by atoms with E-state index in [-0.39, 0.29) is 41.7 Å². The van der Waals surface area contributed by atoms with Crippen molar-refractivity contribution in [2.45, 2.75) is 0 Å². The number of nitrogens with one attached hydrogen (secondary N) is 2. The largest absolute Gasteiger partial charge is 0.507 e. The lowest BCUT2D eigenvalue weighted by Gasteiger charge is -2.49. The van der Waals surface area contributed by atoms with E-state index in [2.05, 4.69) is 10.6 Å². The number of β-amino-alcohol motifs (C(OH)–C–C–N with tert-alkyl or cyclic N) is 2. The van der Waals surface area contributed by atoms with E-state index in [0.717, 1.165) is 11.4 Å². The zero-order valence-corrected chi connectivity index (χ0v) is 17.1. The van der Waals surface area contributed by atoms with Gasteiger partial charge >= 0.3 is 0 Å². The summed E-state index contributed by atoms with van der Waals surface area (Å²) in [4.78, 5) is 31.4. The van der Waals surface area contributed by atoms with Crippen LogP contribution in [0.3, 0.4) is 0 Å². The number of phenols is 1. The lowest BCUT2D eigenvalue weighted by atomic mass is 9.67. The predicted molar refractivity (Wildman–Crippen MR) is 111 cm³/mol. The van der Waals surface area contributed by atoms with Gasteiger partial charge in [0.1, 0.15) is 5.75 Å². The fraction of sp³-hybridized carbons (Fsp3) is 0.455. The van der Waals surface area contributed by atoms with Crippen molar-refractivity contribution in [3.63, 3.8) is 0 Å². The second-order valence-corrected chi connectivity index (χ2v) is 8.18. The van der Waals surface area contributed by atoms with Gasteiger partial charge in [-0.3, -0.25) is 9.59 Å². The zero-order valence-electron chi connectivity index (χ0n) is 17.1. The smallest absolute Gasteiger partial charge is 0.177 e. The first kappa shape index (κ1) is 19.9. The number of benzene rings is 1. The highest BCUT2D eigenvalue weighted by Gasteiger charge is 2.53. The minimum absolute atomic E-state index is 0.0372.